The quantitative estimate of drug-likeness (QED) is 0.757. The number of hydrogen-bond donors (Lipinski definition) is 0. The normalized spacial score (nSPS) is 19.5. The van der Waals surface area contributed by atoms with Gasteiger partial charge in [-0.1, -0.05) is 0 Å². The fraction of sp³-hybridized carbons (Fsp3) is 0.545. The maximum Gasteiger partial charge on any atom is 0.267 e. The molecule has 1 aromatic heterocycles. The van der Waals surface area contributed by atoms with Gasteiger partial charge in [0.15, 0.2) is 5.78 Å². The highest BCUT2D eigenvalue weighted by atomic mass is 127. The Morgan fingerprint density at radius 1 is 1.71 bits per heavy atom. The van der Waals surface area contributed by atoms with Gasteiger partial charge in [0.25, 0.3) is 5.56 Å². The number of aromatic nitrogens is 2. The minimum Gasteiger partial charge on any atom is -0.381 e. The van der Waals surface area contributed by atoms with E-state index in [0.29, 0.717) is 22.5 Å². The van der Waals surface area contributed by atoms with E-state index < -0.39 is 0 Å². The fourth-order valence-electron chi connectivity index (χ4n) is 1.74. The van der Waals surface area contributed by atoms with Gasteiger partial charge in [0, 0.05) is 12.5 Å². The summed E-state index contributed by atoms with van der Waals surface area (Å²) in [6, 6.07) is 0. The van der Waals surface area contributed by atoms with Gasteiger partial charge in [-0.2, -0.15) is 0 Å². The van der Waals surface area contributed by atoms with Gasteiger partial charge >= 0.3 is 0 Å². The lowest BCUT2D eigenvalue weighted by atomic mass is 10.0. The molecular weight excluding hydrogens is 335 g/mol. The van der Waals surface area contributed by atoms with Crippen molar-refractivity contribution in [3.63, 3.8) is 0 Å². The molecule has 0 N–H and O–H groups in total. The lowest BCUT2D eigenvalue weighted by molar-refractivity contribution is -0.123. The van der Waals surface area contributed by atoms with Gasteiger partial charge in [-0.3, -0.25) is 14.2 Å². The van der Waals surface area contributed by atoms with Gasteiger partial charge < -0.3 is 4.74 Å². The van der Waals surface area contributed by atoms with E-state index in [1.54, 1.807) is 6.92 Å². The molecule has 5 nitrogen and oxygen atoms in total. The molecule has 0 amide bonds. The summed E-state index contributed by atoms with van der Waals surface area (Å²) in [6.07, 6.45) is 2.19. The molecule has 0 aromatic carbocycles. The Hall–Kier alpha value is -0.760. The van der Waals surface area contributed by atoms with Crippen molar-refractivity contribution in [1.82, 2.24) is 9.55 Å². The Labute approximate surface area is 112 Å². The number of aryl methyl sites for hydroxylation is 1. The molecule has 0 aliphatic carbocycles. The molecule has 0 radical (unpaired) electrons. The summed E-state index contributed by atoms with van der Waals surface area (Å²) in [6.45, 7) is 2.98. The minimum atomic E-state index is -0.148. The highest BCUT2D eigenvalue weighted by Gasteiger charge is 2.24. The van der Waals surface area contributed by atoms with Crippen molar-refractivity contribution >= 4 is 28.4 Å². The van der Waals surface area contributed by atoms with Gasteiger partial charge in [-0.05, 0) is 35.9 Å². The Kier molecular flexibility index (Phi) is 3.93. The van der Waals surface area contributed by atoms with E-state index in [1.807, 2.05) is 22.6 Å². The summed E-state index contributed by atoms with van der Waals surface area (Å²) >= 11 is 1.96. The van der Waals surface area contributed by atoms with Crippen LogP contribution in [0.4, 0.5) is 0 Å². The first kappa shape index (κ1) is 12.7. The average molecular weight is 348 g/mol. The number of carbonyl (C=O) groups is 1. The van der Waals surface area contributed by atoms with E-state index in [-0.39, 0.29) is 23.8 Å². The Balaban J connectivity index is 2.16. The zero-order valence-electron chi connectivity index (χ0n) is 9.48. The molecule has 2 rings (SSSR count). The third-order valence-corrected chi connectivity index (χ3v) is 4.11. The van der Waals surface area contributed by atoms with Crippen LogP contribution in [0.2, 0.25) is 0 Å². The molecule has 2 heterocycles. The van der Waals surface area contributed by atoms with E-state index in [4.69, 9.17) is 4.74 Å². The molecule has 1 fully saturated rings. The largest absolute Gasteiger partial charge is 0.381 e. The van der Waals surface area contributed by atoms with Crippen molar-refractivity contribution < 1.29 is 9.53 Å². The van der Waals surface area contributed by atoms with Gasteiger partial charge in [-0.15, -0.1) is 0 Å². The maximum atomic E-state index is 11.9. The number of hydrogen-bond acceptors (Lipinski definition) is 4. The van der Waals surface area contributed by atoms with Crippen LogP contribution in [0.25, 0.3) is 0 Å². The third-order valence-electron chi connectivity index (χ3n) is 2.87. The van der Waals surface area contributed by atoms with Crippen LogP contribution in [0.1, 0.15) is 12.1 Å². The molecule has 17 heavy (non-hydrogen) atoms. The van der Waals surface area contributed by atoms with Crippen molar-refractivity contribution in [1.29, 1.82) is 0 Å². The molecule has 1 aliphatic heterocycles. The zero-order chi connectivity index (χ0) is 12.4. The van der Waals surface area contributed by atoms with E-state index in [0.717, 1.165) is 6.42 Å². The SMILES string of the molecule is Cc1ncn(CC(=O)C2CCOC2)c(=O)c1I. The zero-order valence-corrected chi connectivity index (χ0v) is 11.6. The van der Waals surface area contributed by atoms with Crippen LogP contribution >= 0.6 is 22.6 Å². The van der Waals surface area contributed by atoms with E-state index >= 15 is 0 Å². The van der Waals surface area contributed by atoms with E-state index in [2.05, 4.69) is 4.98 Å². The van der Waals surface area contributed by atoms with E-state index in [1.165, 1.54) is 10.9 Å². The molecule has 0 bridgehead atoms. The molecular formula is C11H13IN2O3. The Morgan fingerprint density at radius 3 is 3.12 bits per heavy atom. The summed E-state index contributed by atoms with van der Waals surface area (Å²) < 4.78 is 7.10. The number of carbonyl (C=O) groups excluding carboxylic acids is 1. The van der Waals surface area contributed by atoms with Gasteiger partial charge in [0.05, 0.1) is 28.7 Å². The predicted octanol–water partition coefficient (Wildman–Crippen LogP) is 0.762. The molecule has 1 aliphatic rings. The molecule has 0 spiro atoms. The monoisotopic (exact) mass is 348 g/mol. The lowest BCUT2D eigenvalue weighted by Crippen LogP contribution is -2.30. The molecule has 1 saturated heterocycles. The second-order valence-corrected chi connectivity index (χ2v) is 5.18. The number of rotatable bonds is 3. The maximum absolute atomic E-state index is 11.9. The summed E-state index contributed by atoms with van der Waals surface area (Å²) in [5.41, 5.74) is 0.550. The molecule has 0 saturated carbocycles. The second kappa shape index (κ2) is 5.26. The van der Waals surface area contributed by atoms with E-state index in [9.17, 15) is 9.59 Å². The summed E-state index contributed by atoms with van der Waals surface area (Å²) in [5, 5.41) is 0. The number of nitrogens with zero attached hydrogens (tertiary/aromatic N) is 2. The van der Waals surface area contributed by atoms with Gasteiger partial charge in [0.2, 0.25) is 0 Å². The molecule has 6 heteroatoms. The predicted molar refractivity (Wildman–Crippen MR) is 69.9 cm³/mol. The number of halogens is 1. The molecule has 1 unspecified atom stereocenters. The van der Waals surface area contributed by atoms with Crippen molar-refractivity contribution in [3.05, 3.63) is 25.9 Å². The highest BCUT2D eigenvalue weighted by molar-refractivity contribution is 14.1. The summed E-state index contributed by atoms with van der Waals surface area (Å²) in [5.74, 6) is -0.0214. The van der Waals surface area contributed by atoms with Gasteiger partial charge in [0.1, 0.15) is 0 Å². The van der Waals surface area contributed by atoms with Crippen LogP contribution in [-0.4, -0.2) is 28.5 Å². The topological polar surface area (TPSA) is 61.2 Å². The third kappa shape index (κ3) is 2.74. The molecule has 1 aromatic rings. The highest BCUT2D eigenvalue weighted by Crippen LogP contribution is 2.14. The average Bonchev–Trinajstić information content (AvgIpc) is 2.83. The number of ether oxygens (including phenoxy) is 1. The van der Waals surface area contributed by atoms with Crippen LogP contribution in [-0.2, 0) is 16.1 Å². The summed E-state index contributed by atoms with van der Waals surface area (Å²) in [4.78, 5) is 27.9. The first-order valence-corrected chi connectivity index (χ1v) is 6.49. The van der Waals surface area contributed by atoms with Gasteiger partial charge in [-0.25, -0.2) is 4.98 Å². The Bertz CT molecular complexity index is 492. The smallest absolute Gasteiger partial charge is 0.267 e. The molecule has 1 atom stereocenters. The first-order chi connectivity index (χ1) is 8.09. The Morgan fingerprint density at radius 2 is 2.47 bits per heavy atom. The standard InChI is InChI=1S/C11H13IN2O3/c1-7-10(12)11(16)14(6-13-7)4-9(15)8-2-3-17-5-8/h6,8H,2-5H2,1H3. The van der Waals surface area contributed by atoms with Crippen molar-refractivity contribution in [2.45, 2.75) is 19.9 Å². The molecule has 92 valence electrons. The number of ketones is 1. The lowest BCUT2D eigenvalue weighted by Gasteiger charge is -2.09. The van der Waals surface area contributed by atoms with Crippen LogP contribution in [0, 0.1) is 16.4 Å². The van der Waals surface area contributed by atoms with Crippen LogP contribution in [0.3, 0.4) is 0 Å². The fourth-order valence-corrected chi connectivity index (χ4v) is 2.19. The minimum absolute atomic E-state index is 0.0473. The van der Waals surface area contributed by atoms with Crippen molar-refractivity contribution in [3.8, 4) is 0 Å². The van der Waals surface area contributed by atoms with Crippen LogP contribution in [0.15, 0.2) is 11.1 Å². The van der Waals surface area contributed by atoms with Crippen LogP contribution in [0.5, 0.6) is 0 Å². The first-order valence-electron chi connectivity index (χ1n) is 5.41. The van der Waals surface area contributed by atoms with Crippen LogP contribution < -0.4 is 5.56 Å². The van der Waals surface area contributed by atoms with Crippen molar-refractivity contribution in [2.75, 3.05) is 13.2 Å². The van der Waals surface area contributed by atoms with Crippen molar-refractivity contribution in [2.24, 2.45) is 5.92 Å². The second-order valence-electron chi connectivity index (χ2n) is 4.10. The number of Topliss-reactive ketones (excluding diaryl/α,β-unsaturated/α-hetero) is 1. The summed E-state index contributed by atoms with van der Waals surface area (Å²) in [7, 11) is 0.